The zero-order valence-electron chi connectivity index (χ0n) is 23.2. The highest BCUT2D eigenvalue weighted by Gasteiger charge is 2.19. The molecule has 5 rings (SSSR count). The number of hydrogen-bond acceptors (Lipinski definition) is 7. The van der Waals surface area contributed by atoms with Crippen molar-refractivity contribution in [2.75, 3.05) is 44.4 Å². The number of rotatable bonds is 11. The van der Waals surface area contributed by atoms with Gasteiger partial charge in [0.2, 0.25) is 5.95 Å². The van der Waals surface area contributed by atoms with Crippen LogP contribution in [0.4, 0.5) is 17.5 Å². The molecule has 0 aliphatic heterocycles. The molecule has 4 aromatic carbocycles. The third kappa shape index (κ3) is 6.00. The third-order valence-electron chi connectivity index (χ3n) is 7.02. The number of methoxy groups -OCH3 is 1. The molecule has 0 radical (unpaired) electrons. The van der Waals surface area contributed by atoms with Crippen molar-refractivity contribution in [2.45, 2.75) is 13.8 Å². The van der Waals surface area contributed by atoms with E-state index in [-0.39, 0.29) is 5.95 Å². The Bertz CT molecular complexity index is 1580. The van der Waals surface area contributed by atoms with E-state index in [1.165, 1.54) is 0 Å². The Morgan fingerprint density at radius 1 is 0.800 bits per heavy atom. The topological polar surface area (TPSA) is 85.5 Å². The van der Waals surface area contributed by atoms with Crippen molar-refractivity contribution in [1.82, 2.24) is 14.9 Å². The van der Waals surface area contributed by atoms with Crippen LogP contribution in [0.3, 0.4) is 0 Å². The van der Waals surface area contributed by atoms with Crippen molar-refractivity contribution in [1.29, 1.82) is 0 Å². The van der Waals surface area contributed by atoms with Gasteiger partial charge in [0.25, 0.3) is 0 Å². The van der Waals surface area contributed by atoms with E-state index in [0.29, 0.717) is 18.2 Å². The minimum absolute atomic E-state index is 0.177. The van der Waals surface area contributed by atoms with Crippen LogP contribution in [0.2, 0.25) is 0 Å². The van der Waals surface area contributed by atoms with Gasteiger partial charge < -0.3 is 25.4 Å². The summed E-state index contributed by atoms with van der Waals surface area (Å²) in [6.07, 6.45) is 0. The molecule has 3 N–H and O–H groups in total. The first-order chi connectivity index (χ1) is 19.6. The highest BCUT2D eigenvalue weighted by molar-refractivity contribution is 5.95. The van der Waals surface area contributed by atoms with Gasteiger partial charge in [0.05, 0.1) is 24.1 Å². The first-order valence-corrected chi connectivity index (χ1v) is 13.6. The number of hydrogen-bond donors (Lipinski definition) is 2. The predicted octanol–water partition coefficient (Wildman–Crippen LogP) is 7.02. The van der Waals surface area contributed by atoms with Crippen molar-refractivity contribution in [2.24, 2.45) is 0 Å². The largest absolute Gasteiger partial charge is 0.495 e. The molecule has 0 saturated heterocycles. The predicted molar refractivity (Wildman–Crippen MR) is 164 cm³/mol. The number of likely N-dealkylation sites (N-methyl/N-ethyl adjacent to an activating group) is 1. The van der Waals surface area contributed by atoms with Crippen LogP contribution in [0.25, 0.3) is 33.2 Å². The average Bonchev–Trinajstić information content (AvgIpc) is 2.99. The van der Waals surface area contributed by atoms with Crippen LogP contribution in [0.15, 0.2) is 91.0 Å². The van der Waals surface area contributed by atoms with Crippen molar-refractivity contribution in [3.05, 3.63) is 91.0 Å². The van der Waals surface area contributed by atoms with E-state index in [0.717, 1.165) is 64.2 Å². The molecule has 0 spiro atoms. The van der Waals surface area contributed by atoms with E-state index < -0.39 is 0 Å². The highest BCUT2D eigenvalue weighted by Crippen LogP contribution is 2.40. The van der Waals surface area contributed by atoms with E-state index in [4.69, 9.17) is 20.2 Å². The normalized spacial score (nSPS) is 11.1. The van der Waals surface area contributed by atoms with Gasteiger partial charge in [0, 0.05) is 12.1 Å². The summed E-state index contributed by atoms with van der Waals surface area (Å²) < 4.78 is 11.6. The lowest BCUT2D eigenvalue weighted by atomic mass is 9.97. The Labute approximate surface area is 235 Å². The second-order valence-corrected chi connectivity index (χ2v) is 9.44. The second-order valence-electron chi connectivity index (χ2n) is 9.44. The van der Waals surface area contributed by atoms with Crippen LogP contribution in [0.1, 0.15) is 13.8 Å². The Morgan fingerprint density at radius 2 is 1.50 bits per heavy atom. The van der Waals surface area contributed by atoms with Crippen molar-refractivity contribution in [3.63, 3.8) is 0 Å². The molecule has 0 saturated carbocycles. The summed E-state index contributed by atoms with van der Waals surface area (Å²) in [5, 5.41) is 5.75. The maximum Gasteiger partial charge on any atom is 0.222 e. The molecule has 0 amide bonds. The van der Waals surface area contributed by atoms with Gasteiger partial charge >= 0.3 is 0 Å². The van der Waals surface area contributed by atoms with E-state index in [1.807, 2.05) is 60.7 Å². The van der Waals surface area contributed by atoms with Crippen molar-refractivity contribution < 1.29 is 9.47 Å². The van der Waals surface area contributed by atoms with Crippen molar-refractivity contribution >= 4 is 28.2 Å². The number of nitrogens with two attached hydrogens (primary N) is 1. The first kappa shape index (κ1) is 27.0. The molecule has 1 aromatic heterocycles. The zero-order valence-corrected chi connectivity index (χ0v) is 23.2. The average molecular weight is 534 g/mol. The maximum absolute atomic E-state index is 6.29. The molecule has 0 bridgehead atoms. The molecule has 0 unspecified atom stereocenters. The molecule has 40 heavy (non-hydrogen) atoms. The van der Waals surface area contributed by atoms with E-state index in [9.17, 15) is 0 Å². The molecule has 7 nitrogen and oxygen atoms in total. The molecular formula is C33H35N5O2. The fourth-order valence-corrected chi connectivity index (χ4v) is 4.81. The van der Waals surface area contributed by atoms with Crippen LogP contribution in [0, 0.1) is 0 Å². The molecule has 5 aromatic rings. The highest BCUT2D eigenvalue weighted by atomic mass is 16.5. The van der Waals surface area contributed by atoms with Gasteiger partial charge in [-0.3, -0.25) is 0 Å². The van der Waals surface area contributed by atoms with E-state index in [2.05, 4.69) is 59.4 Å². The number of nitrogens with one attached hydrogen (secondary N) is 1. The van der Waals surface area contributed by atoms with Gasteiger partial charge in [-0.05, 0) is 71.9 Å². The van der Waals surface area contributed by atoms with Gasteiger partial charge in [-0.1, -0.05) is 62.4 Å². The van der Waals surface area contributed by atoms with Crippen LogP contribution >= 0.6 is 0 Å². The fraction of sp³-hybridized carbons (Fsp3) is 0.212. The molecule has 0 aliphatic carbocycles. The standard InChI is InChI=1S/C33H35N5O2/c1-4-38(5-2)20-21-40-27-18-16-24(17-19-27)31-30(26-15-14-23-10-6-7-11-25(23)22-26)32(37-33(34)36-31)35-28-12-8-9-13-29(28)39-3/h6-19,22H,4-5,20-21H2,1-3H3,(H3,34,35,36,37). The summed E-state index contributed by atoms with van der Waals surface area (Å²) in [5.41, 5.74) is 10.5. The lowest BCUT2D eigenvalue weighted by Gasteiger charge is -2.19. The maximum atomic E-state index is 6.29. The van der Waals surface area contributed by atoms with Crippen LogP contribution < -0.4 is 20.5 Å². The van der Waals surface area contributed by atoms with Crippen LogP contribution in [0.5, 0.6) is 11.5 Å². The Morgan fingerprint density at radius 3 is 2.25 bits per heavy atom. The monoisotopic (exact) mass is 533 g/mol. The quantitative estimate of drug-likeness (QED) is 0.189. The molecule has 7 heteroatoms. The number of fused-ring (bicyclic) bond motifs is 1. The fourth-order valence-electron chi connectivity index (χ4n) is 4.81. The molecular weight excluding hydrogens is 498 g/mol. The lowest BCUT2D eigenvalue weighted by Crippen LogP contribution is -2.27. The summed E-state index contributed by atoms with van der Waals surface area (Å²) in [5.74, 6) is 2.30. The van der Waals surface area contributed by atoms with Gasteiger partial charge in [-0.15, -0.1) is 0 Å². The Kier molecular flexibility index (Phi) is 8.42. The zero-order chi connectivity index (χ0) is 27.9. The number of nitrogens with zero attached hydrogens (tertiary/aromatic N) is 3. The Balaban J connectivity index is 1.57. The first-order valence-electron chi connectivity index (χ1n) is 13.6. The van der Waals surface area contributed by atoms with Gasteiger partial charge in [-0.2, -0.15) is 4.98 Å². The summed E-state index contributed by atoms with van der Waals surface area (Å²) in [6, 6.07) is 30.4. The van der Waals surface area contributed by atoms with Crippen LogP contribution in [-0.4, -0.2) is 48.2 Å². The summed E-state index contributed by atoms with van der Waals surface area (Å²) in [7, 11) is 1.65. The molecule has 0 aliphatic rings. The second kappa shape index (κ2) is 12.5. The molecule has 204 valence electrons. The summed E-state index contributed by atoms with van der Waals surface area (Å²) in [4.78, 5) is 11.7. The number of benzene rings is 4. The minimum atomic E-state index is 0.177. The summed E-state index contributed by atoms with van der Waals surface area (Å²) >= 11 is 0. The lowest BCUT2D eigenvalue weighted by molar-refractivity contribution is 0.223. The number of nitrogen functional groups attached to an aromatic ring is 1. The van der Waals surface area contributed by atoms with Gasteiger partial charge in [0.1, 0.15) is 23.9 Å². The number of ether oxygens (including phenoxy) is 2. The smallest absolute Gasteiger partial charge is 0.222 e. The molecule has 0 atom stereocenters. The summed E-state index contributed by atoms with van der Waals surface area (Å²) in [6.45, 7) is 7.87. The SMILES string of the molecule is CCN(CC)CCOc1ccc(-c2nc(N)nc(Nc3ccccc3OC)c2-c2ccc3ccccc3c2)cc1. The number of para-hydroxylation sites is 2. The number of anilines is 3. The molecule has 0 fully saturated rings. The van der Waals surface area contributed by atoms with Gasteiger partial charge in [-0.25, -0.2) is 4.98 Å². The molecule has 1 heterocycles. The van der Waals surface area contributed by atoms with E-state index >= 15 is 0 Å². The van der Waals surface area contributed by atoms with Crippen molar-refractivity contribution in [3.8, 4) is 33.9 Å². The van der Waals surface area contributed by atoms with Crippen LogP contribution in [-0.2, 0) is 0 Å². The minimum Gasteiger partial charge on any atom is -0.495 e. The Hall–Kier alpha value is -4.62. The van der Waals surface area contributed by atoms with Gasteiger partial charge in [0.15, 0.2) is 0 Å². The number of aromatic nitrogens is 2. The van der Waals surface area contributed by atoms with E-state index in [1.54, 1.807) is 7.11 Å². The third-order valence-corrected chi connectivity index (χ3v) is 7.02.